The number of anilines is 2. The maximum absolute atomic E-state index is 13.2. The van der Waals surface area contributed by atoms with Gasteiger partial charge in [-0.15, -0.1) is 11.3 Å². The summed E-state index contributed by atoms with van der Waals surface area (Å²) in [5.41, 5.74) is 2.81. The first-order valence-corrected chi connectivity index (χ1v) is 12.6. The van der Waals surface area contributed by atoms with Gasteiger partial charge in [-0.25, -0.2) is 13.4 Å². The highest BCUT2D eigenvalue weighted by molar-refractivity contribution is 7.93. The summed E-state index contributed by atoms with van der Waals surface area (Å²) in [5.74, 6) is -0.419. The lowest BCUT2D eigenvalue weighted by Gasteiger charge is -2.19. The number of rotatable bonds is 4. The highest BCUT2D eigenvalue weighted by Crippen LogP contribution is 2.42. The number of hydrogen-bond donors (Lipinski definition) is 1. The Hall–Kier alpha value is -3.75. The largest absolute Gasteiger partial charge is 0.324 e. The van der Waals surface area contributed by atoms with E-state index in [9.17, 15) is 13.2 Å². The fourth-order valence-corrected chi connectivity index (χ4v) is 6.89. The Morgan fingerprint density at radius 2 is 1.67 bits per heavy atom. The number of benzene rings is 4. The molecule has 6 rings (SSSR count). The Labute approximate surface area is 194 Å². The zero-order chi connectivity index (χ0) is 22.6. The van der Waals surface area contributed by atoms with Gasteiger partial charge in [0.2, 0.25) is 5.91 Å². The third-order valence-corrected chi connectivity index (χ3v) is 8.57. The van der Waals surface area contributed by atoms with Crippen LogP contribution in [-0.2, 0) is 14.8 Å². The average Bonchev–Trinajstić information content (AvgIpc) is 3.34. The fraction of sp³-hybridized carbons (Fsp3) is 0.0400. The number of nitrogens with zero attached hydrogens (tertiary/aromatic N) is 2. The number of carbonyl (C=O) groups is 1. The van der Waals surface area contributed by atoms with Gasteiger partial charge in [0.1, 0.15) is 11.6 Å². The molecule has 0 fully saturated rings. The molecular formula is C25H17N3O3S2. The van der Waals surface area contributed by atoms with E-state index in [1.807, 2.05) is 54.6 Å². The van der Waals surface area contributed by atoms with E-state index < -0.39 is 15.9 Å². The molecule has 33 heavy (non-hydrogen) atoms. The minimum atomic E-state index is -3.80. The van der Waals surface area contributed by atoms with Gasteiger partial charge in [0, 0.05) is 10.9 Å². The van der Waals surface area contributed by atoms with Crippen molar-refractivity contribution >= 4 is 59.6 Å². The second kappa shape index (κ2) is 7.40. The number of carbonyl (C=O) groups excluding carboxylic acids is 1. The summed E-state index contributed by atoms with van der Waals surface area (Å²) < 4.78 is 28.6. The van der Waals surface area contributed by atoms with Crippen molar-refractivity contribution in [2.75, 3.05) is 16.2 Å². The fourth-order valence-electron chi connectivity index (χ4n) is 4.21. The smallest absolute Gasteiger partial charge is 0.265 e. The SMILES string of the molecule is O=C(CN1c2cccc3cccc(c23)S1(=O)=O)Nc1ccccc1-c1nc2ccccc2s1. The van der Waals surface area contributed by atoms with E-state index in [0.717, 1.165) is 26.2 Å². The molecule has 5 aromatic rings. The number of nitrogens with one attached hydrogen (secondary N) is 1. The Bertz CT molecular complexity index is 1640. The predicted molar refractivity (Wildman–Crippen MR) is 132 cm³/mol. The normalized spacial score (nSPS) is 14.1. The molecule has 162 valence electrons. The van der Waals surface area contributed by atoms with Crippen LogP contribution in [0, 0.1) is 0 Å². The van der Waals surface area contributed by atoms with Crippen LogP contribution in [0.2, 0.25) is 0 Å². The van der Waals surface area contributed by atoms with Gasteiger partial charge in [0.25, 0.3) is 10.0 Å². The molecule has 0 aliphatic carbocycles. The van der Waals surface area contributed by atoms with Crippen LogP contribution in [0.4, 0.5) is 11.4 Å². The quantitative estimate of drug-likeness (QED) is 0.388. The molecule has 1 aliphatic heterocycles. The molecule has 1 amide bonds. The van der Waals surface area contributed by atoms with E-state index in [1.165, 1.54) is 4.31 Å². The van der Waals surface area contributed by atoms with Crippen LogP contribution in [0.5, 0.6) is 0 Å². The number of fused-ring (bicyclic) bond motifs is 1. The van der Waals surface area contributed by atoms with E-state index in [0.29, 0.717) is 16.8 Å². The number of aromatic nitrogens is 1. The molecule has 4 aromatic carbocycles. The minimum Gasteiger partial charge on any atom is -0.324 e. The standard InChI is InChI=1S/C25H17N3O3S2/c29-23(15-28-20-12-5-7-16-8-6-14-22(24(16)20)33(28,30)31)26-18-10-2-1-9-17(18)25-27-19-11-3-4-13-21(19)32-25/h1-14H,15H2,(H,26,29). The molecule has 0 atom stereocenters. The summed E-state index contributed by atoms with van der Waals surface area (Å²) in [7, 11) is -3.80. The van der Waals surface area contributed by atoms with Crippen molar-refractivity contribution < 1.29 is 13.2 Å². The monoisotopic (exact) mass is 471 g/mol. The van der Waals surface area contributed by atoms with Crippen molar-refractivity contribution in [3.05, 3.63) is 84.9 Å². The van der Waals surface area contributed by atoms with E-state index in [2.05, 4.69) is 5.32 Å². The summed E-state index contributed by atoms with van der Waals surface area (Å²) in [4.78, 5) is 18.0. The Morgan fingerprint density at radius 3 is 2.52 bits per heavy atom. The maximum atomic E-state index is 13.2. The van der Waals surface area contributed by atoms with Crippen LogP contribution in [0.25, 0.3) is 31.6 Å². The van der Waals surface area contributed by atoms with Gasteiger partial charge in [-0.1, -0.05) is 48.5 Å². The molecule has 0 radical (unpaired) electrons. The summed E-state index contributed by atoms with van der Waals surface area (Å²) >= 11 is 1.54. The first-order valence-electron chi connectivity index (χ1n) is 10.3. The van der Waals surface area contributed by atoms with Crippen molar-refractivity contribution in [1.29, 1.82) is 0 Å². The lowest BCUT2D eigenvalue weighted by molar-refractivity contribution is -0.114. The summed E-state index contributed by atoms with van der Waals surface area (Å²) in [6.45, 7) is -0.315. The average molecular weight is 472 g/mol. The summed E-state index contributed by atoms with van der Waals surface area (Å²) in [6, 6.07) is 25.9. The topological polar surface area (TPSA) is 79.4 Å². The second-order valence-corrected chi connectivity index (χ2v) is 10.6. The van der Waals surface area contributed by atoms with Crippen molar-refractivity contribution in [3.8, 4) is 10.6 Å². The highest BCUT2D eigenvalue weighted by atomic mass is 32.2. The highest BCUT2D eigenvalue weighted by Gasteiger charge is 2.36. The lowest BCUT2D eigenvalue weighted by atomic mass is 10.1. The van der Waals surface area contributed by atoms with Gasteiger partial charge in [-0.3, -0.25) is 9.10 Å². The molecule has 0 saturated heterocycles. The summed E-state index contributed by atoms with van der Waals surface area (Å²) in [5, 5.41) is 5.17. The van der Waals surface area contributed by atoms with E-state index in [4.69, 9.17) is 4.98 Å². The maximum Gasteiger partial charge on any atom is 0.265 e. The Balaban J connectivity index is 1.32. The molecule has 1 N–H and O–H groups in total. The molecule has 0 spiro atoms. The van der Waals surface area contributed by atoms with Crippen molar-refractivity contribution in [2.45, 2.75) is 4.90 Å². The second-order valence-electron chi connectivity index (χ2n) is 7.72. The van der Waals surface area contributed by atoms with E-state index >= 15 is 0 Å². The minimum absolute atomic E-state index is 0.235. The molecule has 1 aromatic heterocycles. The number of thiazole rings is 1. The van der Waals surface area contributed by atoms with Crippen LogP contribution >= 0.6 is 11.3 Å². The summed E-state index contributed by atoms with van der Waals surface area (Å²) in [6.07, 6.45) is 0. The number of sulfonamides is 1. The van der Waals surface area contributed by atoms with Gasteiger partial charge in [0.15, 0.2) is 0 Å². The number of hydrogen-bond acceptors (Lipinski definition) is 5. The van der Waals surface area contributed by atoms with Crippen molar-refractivity contribution in [3.63, 3.8) is 0 Å². The van der Waals surface area contributed by atoms with Gasteiger partial charge in [-0.05, 0) is 41.8 Å². The van der Waals surface area contributed by atoms with Gasteiger partial charge < -0.3 is 5.32 Å². The third kappa shape index (κ3) is 3.18. The zero-order valence-electron chi connectivity index (χ0n) is 17.2. The first-order chi connectivity index (χ1) is 16.0. The zero-order valence-corrected chi connectivity index (χ0v) is 18.9. The predicted octanol–water partition coefficient (Wildman–Crippen LogP) is 5.26. The van der Waals surface area contributed by atoms with Crippen molar-refractivity contribution in [2.24, 2.45) is 0 Å². The Kier molecular flexibility index (Phi) is 4.46. The molecule has 0 unspecified atom stereocenters. The number of amides is 1. The van der Waals surface area contributed by atoms with Gasteiger partial charge >= 0.3 is 0 Å². The molecule has 6 nitrogen and oxygen atoms in total. The molecule has 8 heteroatoms. The van der Waals surface area contributed by atoms with Crippen LogP contribution in [0.3, 0.4) is 0 Å². The first kappa shape index (κ1) is 19.9. The Morgan fingerprint density at radius 1 is 0.909 bits per heavy atom. The van der Waals surface area contributed by atoms with Crippen LogP contribution < -0.4 is 9.62 Å². The van der Waals surface area contributed by atoms with Crippen LogP contribution in [0.1, 0.15) is 0 Å². The third-order valence-electron chi connectivity index (χ3n) is 5.69. The van der Waals surface area contributed by atoms with E-state index in [-0.39, 0.29) is 11.4 Å². The van der Waals surface area contributed by atoms with Crippen molar-refractivity contribution in [1.82, 2.24) is 4.98 Å². The molecule has 0 saturated carbocycles. The molecular weight excluding hydrogens is 454 g/mol. The van der Waals surface area contributed by atoms with Gasteiger partial charge in [-0.2, -0.15) is 0 Å². The number of para-hydroxylation sites is 2. The molecule has 1 aliphatic rings. The lowest BCUT2D eigenvalue weighted by Crippen LogP contribution is -2.35. The molecule has 2 heterocycles. The van der Waals surface area contributed by atoms with Crippen LogP contribution in [0.15, 0.2) is 89.8 Å². The van der Waals surface area contributed by atoms with E-state index in [1.54, 1.807) is 41.7 Å². The van der Waals surface area contributed by atoms with Crippen LogP contribution in [-0.4, -0.2) is 25.9 Å². The molecule has 0 bridgehead atoms. The van der Waals surface area contributed by atoms with Gasteiger partial charge in [0.05, 0.1) is 26.5 Å².